The van der Waals surface area contributed by atoms with E-state index in [9.17, 15) is 0 Å². The standard InChI is InChI=1S/C15H15BrO/c1-11-3-8-15(12(2)9-11)17-14-6-4-13(10-16)5-7-14/h3-9H,10H2,1-2H3. The van der Waals surface area contributed by atoms with Gasteiger partial charge in [-0.05, 0) is 43.2 Å². The zero-order valence-corrected chi connectivity index (χ0v) is 11.6. The summed E-state index contributed by atoms with van der Waals surface area (Å²) >= 11 is 3.43. The minimum absolute atomic E-state index is 0.872. The van der Waals surface area contributed by atoms with E-state index < -0.39 is 0 Å². The molecule has 0 spiro atoms. The van der Waals surface area contributed by atoms with Crippen LogP contribution in [0.2, 0.25) is 0 Å². The Kier molecular flexibility index (Phi) is 3.85. The van der Waals surface area contributed by atoms with Crippen LogP contribution in [0.4, 0.5) is 0 Å². The average molecular weight is 291 g/mol. The Hall–Kier alpha value is -1.28. The van der Waals surface area contributed by atoms with Crippen molar-refractivity contribution in [3.05, 3.63) is 59.2 Å². The maximum atomic E-state index is 5.85. The smallest absolute Gasteiger partial charge is 0.130 e. The van der Waals surface area contributed by atoms with Crippen LogP contribution in [0.1, 0.15) is 16.7 Å². The van der Waals surface area contributed by atoms with Gasteiger partial charge in [0, 0.05) is 5.33 Å². The Bertz CT molecular complexity index is 503. The second-order valence-corrected chi connectivity index (χ2v) is 4.71. The number of halogens is 1. The van der Waals surface area contributed by atoms with Crippen LogP contribution < -0.4 is 4.74 Å². The van der Waals surface area contributed by atoms with E-state index in [4.69, 9.17) is 4.74 Å². The Balaban J connectivity index is 2.19. The molecule has 0 heterocycles. The number of aryl methyl sites for hydroxylation is 2. The van der Waals surface area contributed by atoms with Crippen LogP contribution in [0.5, 0.6) is 11.5 Å². The largest absolute Gasteiger partial charge is 0.457 e. The zero-order valence-electron chi connectivity index (χ0n) is 10.0. The highest BCUT2D eigenvalue weighted by Gasteiger charge is 2.01. The lowest BCUT2D eigenvalue weighted by Gasteiger charge is -2.09. The van der Waals surface area contributed by atoms with Gasteiger partial charge in [-0.2, -0.15) is 0 Å². The van der Waals surface area contributed by atoms with Gasteiger partial charge >= 0.3 is 0 Å². The van der Waals surface area contributed by atoms with E-state index in [0.717, 1.165) is 22.4 Å². The second-order valence-electron chi connectivity index (χ2n) is 4.15. The molecule has 0 aliphatic carbocycles. The van der Waals surface area contributed by atoms with Gasteiger partial charge in [0.2, 0.25) is 0 Å². The molecule has 0 bridgehead atoms. The van der Waals surface area contributed by atoms with Crippen molar-refractivity contribution in [1.29, 1.82) is 0 Å². The van der Waals surface area contributed by atoms with Gasteiger partial charge in [0.15, 0.2) is 0 Å². The van der Waals surface area contributed by atoms with E-state index in [1.807, 2.05) is 18.2 Å². The molecule has 0 N–H and O–H groups in total. The minimum atomic E-state index is 0.872. The van der Waals surface area contributed by atoms with Gasteiger partial charge in [0.25, 0.3) is 0 Å². The van der Waals surface area contributed by atoms with Crippen LogP contribution in [-0.2, 0) is 5.33 Å². The number of ether oxygens (including phenoxy) is 1. The summed E-state index contributed by atoms with van der Waals surface area (Å²) in [5, 5.41) is 0.872. The number of alkyl halides is 1. The van der Waals surface area contributed by atoms with Crippen molar-refractivity contribution in [2.45, 2.75) is 19.2 Å². The van der Waals surface area contributed by atoms with E-state index in [-0.39, 0.29) is 0 Å². The van der Waals surface area contributed by atoms with E-state index in [1.54, 1.807) is 0 Å². The van der Waals surface area contributed by atoms with Crippen molar-refractivity contribution in [1.82, 2.24) is 0 Å². The highest BCUT2D eigenvalue weighted by atomic mass is 79.9. The molecule has 0 aromatic heterocycles. The van der Waals surface area contributed by atoms with Gasteiger partial charge in [-0.15, -0.1) is 0 Å². The normalized spacial score (nSPS) is 10.3. The molecular weight excluding hydrogens is 276 g/mol. The van der Waals surface area contributed by atoms with E-state index in [1.165, 1.54) is 11.1 Å². The molecule has 0 aliphatic rings. The second kappa shape index (κ2) is 5.37. The summed E-state index contributed by atoms with van der Waals surface area (Å²) in [6.07, 6.45) is 0. The fraction of sp³-hybridized carbons (Fsp3) is 0.200. The van der Waals surface area contributed by atoms with Crippen molar-refractivity contribution >= 4 is 15.9 Å². The third-order valence-electron chi connectivity index (χ3n) is 2.64. The minimum Gasteiger partial charge on any atom is -0.457 e. The SMILES string of the molecule is Cc1ccc(Oc2ccc(CBr)cc2)c(C)c1. The lowest BCUT2D eigenvalue weighted by atomic mass is 10.1. The maximum Gasteiger partial charge on any atom is 0.130 e. The first-order chi connectivity index (χ1) is 8.19. The van der Waals surface area contributed by atoms with Gasteiger partial charge < -0.3 is 4.74 Å². The lowest BCUT2D eigenvalue weighted by Crippen LogP contribution is -1.88. The van der Waals surface area contributed by atoms with E-state index in [0.29, 0.717) is 0 Å². The summed E-state index contributed by atoms with van der Waals surface area (Å²) in [5.74, 6) is 1.80. The molecule has 0 atom stereocenters. The molecular formula is C15H15BrO. The van der Waals surface area contributed by atoms with Crippen LogP contribution in [0.25, 0.3) is 0 Å². The van der Waals surface area contributed by atoms with Crippen molar-refractivity contribution in [3.8, 4) is 11.5 Å². The van der Waals surface area contributed by atoms with Crippen LogP contribution in [-0.4, -0.2) is 0 Å². The summed E-state index contributed by atoms with van der Waals surface area (Å²) in [7, 11) is 0. The van der Waals surface area contributed by atoms with Crippen LogP contribution >= 0.6 is 15.9 Å². The fourth-order valence-corrected chi connectivity index (χ4v) is 2.06. The molecule has 2 rings (SSSR count). The maximum absolute atomic E-state index is 5.85. The zero-order chi connectivity index (χ0) is 12.3. The molecule has 1 nitrogen and oxygen atoms in total. The van der Waals surface area contributed by atoms with Crippen molar-refractivity contribution in [2.24, 2.45) is 0 Å². The average Bonchev–Trinajstić information content (AvgIpc) is 2.34. The first kappa shape index (κ1) is 12.2. The first-order valence-corrected chi connectivity index (χ1v) is 6.71. The Morgan fingerprint density at radius 3 is 2.29 bits per heavy atom. The molecule has 2 aromatic carbocycles. The molecule has 2 aromatic rings. The fourth-order valence-electron chi connectivity index (χ4n) is 1.69. The monoisotopic (exact) mass is 290 g/mol. The third-order valence-corrected chi connectivity index (χ3v) is 3.28. The first-order valence-electron chi connectivity index (χ1n) is 5.59. The molecule has 0 fully saturated rings. The van der Waals surface area contributed by atoms with Gasteiger partial charge in [-0.1, -0.05) is 45.8 Å². The summed E-state index contributed by atoms with van der Waals surface area (Å²) in [5.41, 5.74) is 3.66. The van der Waals surface area contributed by atoms with Crippen LogP contribution in [0.3, 0.4) is 0 Å². The van der Waals surface area contributed by atoms with Crippen molar-refractivity contribution in [3.63, 3.8) is 0 Å². The van der Waals surface area contributed by atoms with Gasteiger partial charge in [-0.3, -0.25) is 0 Å². The molecule has 0 unspecified atom stereocenters. The number of hydrogen-bond donors (Lipinski definition) is 0. The van der Waals surface area contributed by atoms with E-state index in [2.05, 4.69) is 54.0 Å². The quantitative estimate of drug-likeness (QED) is 0.724. The Morgan fingerprint density at radius 2 is 1.71 bits per heavy atom. The number of rotatable bonds is 3. The summed E-state index contributed by atoms with van der Waals surface area (Å²) in [6.45, 7) is 4.15. The predicted molar refractivity (Wildman–Crippen MR) is 75.1 cm³/mol. The molecule has 0 saturated heterocycles. The number of hydrogen-bond acceptors (Lipinski definition) is 1. The van der Waals surface area contributed by atoms with E-state index >= 15 is 0 Å². The molecule has 0 radical (unpaired) electrons. The summed E-state index contributed by atoms with van der Waals surface area (Å²) in [4.78, 5) is 0. The molecule has 88 valence electrons. The Labute approximate surface area is 111 Å². The van der Waals surface area contributed by atoms with Crippen molar-refractivity contribution in [2.75, 3.05) is 0 Å². The number of benzene rings is 2. The highest BCUT2D eigenvalue weighted by Crippen LogP contribution is 2.26. The predicted octanol–water partition coefficient (Wildman–Crippen LogP) is 4.99. The van der Waals surface area contributed by atoms with Crippen LogP contribution in [0, 0.1) is 13.8 Å². The van der Waals surface area contributed by atoms with Gasteiger partial charge in [-0.25, -0.2) is 0 Å². The molecule has 17 heavy (non-hydrogen) atoms. The summed E-state index contributed by atoms with van der Waals surface area (Å²) < 4.78 is 5.85. The lowest BCUT2D eigenvalue weighted by molar-refractivity contribution is 0.478. The van der Waals surface area contributed by atoms with Crippen LogP contribution in [0.15, 0.2) is 42.5 Å². The topological polar surface area (TPSA) is 9.23 Å². The Morgan fingerprint density at radius 1 is 1.00 bits per heavy atom. The van der Waals surface area contributed by atoms with Gasteiger partial charge in [0.05, 0.1) is 0 Å². The highest BCUT2D eigenvalue weighted by molar-refractivity contribution is 9.08. The van der Waals surface area contributed by atoms with Gasteiger partial charge in [0.1, 0.15) is 11.5 Å². The molecule has 0 aliphatic heterocycles. The molecule has 0 saturated carbocycles. The molecule has 0 amide bonds. The molecule has 2 heteroatoms. The third kappa shape index (κ3) is 3.10. The summed E-state index contributed by atoms with van der Waals surface area (Å²) in [6, 6.07) is 14.3. The van der Waals surface area contributed by atoms with Crippen molar-refractivity contribution < 1.29 is 4.74 Å².